The minimum Gasteiger partial charge on any atom is -0.376 e. The zero-order valence-corrected chi connectivity index (χ0v) is 12.9. The fourth-order valence-corrected chi connectivity index (χ4v) is 3.39. The molecule has 1 fully saturated rings. The highest BCUT2D eigenvalue weighted by Crippen LogP contribution is 2.30. The van der Waals surface area contributed by atoms with E-state index in [9.17, 15) is 0 Å². The van der Waals surface area contributed by atoms with Gasteiger partial charge in [0.15, 0.2) is 0 Å². The summed E-state index contributed by atoms with van der Waals surface area (Å²) >= 11 is 5.96. The van der Waals surface area contributed by atoms with E-state index < -0.39 is 0 Å². The van der Waals surface area contributed by atoms with Crippen LogP contribution in [0.4, 0.5) is 0 Å². The first-order valence-corrected chi connectivity index (χ1v) is 7.90. The normalized spacial score (nSPS) is 20.6. The van der Waals surface area contributed by atoms with Crippen molar-refractivity contribution in [1.82, 2.24) is 9.55 Å². The van der Waals surface area contributed by atoms with E-state index >= 15 is 0 Å². The lowest BCUT2D eigenvalue weighted by Crippen LogP contribution is -2.23. The number of benzene rings is 1. The third-order valence-corrected chi connectivity index (χ3v) is 4.40. The molecule has 4 heteroatoms. The van der Waals surface area contributed by atoms with Gasteiger partial charge in [-0.2, -0.15) is 0 Å². The van der Waals surface area contributed by atoms with Crippen LogP contribution in [0.1, 0.15) is 37.2 Å². The van der Waals surface area contributed by atoms with Crippen molar-refractivity contribution in [1.29, 1.82) is 0 Å². The van der Waals surface area contributed by atoms with Gasteiger partial charge < -0.3 is 9.30 Å². The van der Waals surface area contributed by atoms with Crippen molar-refractivity contribution in [3.63, 3.8) is 0 Å². The van der Waals surface area contributed by atoms with Crippen molar-refractivity contribution in [2.45, 2.75) is 45.3 Å². The number of hydrogen-bond donors (Lipinski definition) is 0. The minimum absolute atomic E-state index is 0.293. The van der Waals surface area contributed by atoms with Crippen molar-refractivity contribution in [3.8, 4) is 0 Å². The maximum atomic E-state index is 5.96. The van der Waals surface area contributed by atoms with Crippen molar-refractivity contribution in [2.75, 3.05) is 12.5 Å². The zero-order chi connectivity index (χ0) is 14.1. The molecule has 2 atom stereocenters. The molecule has 1 aliphatic heterocycles. The molecule has 3 nitrogen and oxygen atoms in total. The van der Waals surface area contributed by atoms with E-state index in [2.05, 4.69) is 36.6 Å². The average Bonchev–Trinajstić information content (AvgIpc) is 3.06. The molecule has 1 aromatic carbocycles. The Labute approximate surface area is 124 Å². The summed E-state index contributed by atoms with van der Waals surface area (Å²) in [4.78, 5) is 4.78. The van der Waals surface area contributed by atoms with Crippen LogP contribution in [-0.4, -0.2) is 28.1 Å². The fraction of sp³-hybridized carbons (Fsp3) is 0.562. The smallest absolute Gasteiger partial charge is 0.111 e. The first-order valence-electron chi connectivity index (χ1n) is 7.36. The number of rotatable bonds is 4. The largest absolute Gasteiger partial charge is 0.376 e. The standard InChI is InChI=1S/C16H21ClN2O/c1-11-5-3-6-13-16(11)19(15(18-13)8-9-17)12(2)14-7-4-10-20-14/h3,5-6,12,14H,4,7-10H2,1-2H3. The maximum Gasteiger partial charge on any atom is 0.111 e. The van der Waals surface area contributed by atoms with E-state index in [-0.39, 0.29) is 0 Å². The Morgan fingerprint density at radius 2 is 2.35 bits per heavy atom. The zero-order valence-electron chi connectivity index (χ0n) is 12.1. The van der Waals surface area contributed by atoms with Crippen LogP contribution in [0.5, 0.6) is 0 Å². The highest BCUT2D eigenvalue weighted by Gasteiger charge is 2.27. The Morgan fingerprint density at radius 1 is 1.50 bits per heavy atom. The number of alkyl halides is 1. The SMILES string of the molecule is Cc1cccc2nc(CCCl)n(C(C)C3CCCO3)c12. The Kier molecular flexibility index (Phi) is 3.99. The maximum absolute atomic E-state index is 5.96. The Bertz CT molecular complexity index is 602. The molecular weight excluding hydrogens is 272 g/mol. The van der Waals surface area contributed by atoms with Crippen LogP contribution in [0.15, 0.2) is 18.2 Å². The highest BCUT2D eigenvalue weighted by molar-refractivity contribution is 6.17. The van der Waals surface area contributed by atoms with Crippen LogP contribution in [0.2, 0.25) is 0 Å². The van der Waals surface area contributed by atoms with E-state index in [1.54, 1.807) is 0 Å². The number of hydrogen-bond acceptors (Lipinski definition) is 2. The summed E-state index contributed by atoms with van der Waals surface area (Å²) in [5.41, 5.74) is 3.56. The molecule has 2 aromatic rings. The molecule has 0 N–H and O–H groups in total. The molecule has 1 aromatic heterocycles. The second-order valence-electron chi connectivity index (χ2n) is 5.57. The van der Waals surface area contributed by atoms with Crippen LogP contribution in [0.3, 0.4) is 0 Å². The average molecular weight is 293 g/mol. The van der Waals surface area contributed by atoms with Crippen molar-refractivity contribution in [2.24, 2.45) is 0 Å². The van der Waals surface area contributed by atoms with Crippen LogP contribution < -0.4 is 0 Å². The Morgan fingerprint density at radius 3 is 3.05 bits per heavy atom. The van der Waals surface area contributed by atoms with Gasteiger partial charge in [-0.05, 0) is 38.3 Å². The summed E-state index contributed by atoms with van der Waals surface area (Å²) in [6.07, 6.45) is 3.38. The van der Waals surface area contributed by atoms with E-state index in [4.69, 9.17) is 21.3 Å². The van der Waals surface area contributed by atoms with Crippen molar-refractivity contribution < 1.29 is 4.74 Å². The van der Waals surface area contributed by atoms with Gasteiger partial charge in [-0.15, -0.1) is 11.6 Å². The molecule has 3 rings (SSSR count). The van der Waals surface area contributed by atoms with Crippen LogP contribution in [0.25, 0.3) is 11.0 Å². The lowest BCUT2D eigenvalue weighted by Gasteiger charge is -2.23. The van der Waals surface area contributed by atoms with Gasteiger partial charge in [-0.1, -0.05) is 12.1 Å². The van der Waals surface area contributed by atoms with Gasteiger partial charge in [0.1, 0.15) is 5.82 Å². The summed E-state index contributed by atoms with van der Waals surface area (Å²) in [5, 5.41) is 0. The van der Waals surface area contributed by atoms with Gasteiger partial charge in [0.05, 0.1) is 23.2 Å². The lowest BCUT2D eigenvalue weighted by atomic mass is 10.1. The second kappa shape index (κ2) is 5.74. The molecule has 108 valence electrons. The molecule has 2 unspecified atom stereocenters. The number of imidazole rings is 1. The molecule has 20 heavy (non-hydrogen) atoms. The first kappa shape index (κ1) is 13.9. The van der Waals surface area contributed by atoms with E-state index in [0.29, 0.717) is 18.0 Å². The van der Waals surface area contributed by atoms with Gasteiger partial charge in [0, 0.05) is 18.9 Å². The molecule has 0 amide bonds. The summed E-state index contributed by atoms with van der Waals surface area (Å²) in [5.74, 6) is 1.67. The number of aromatic nitrogens is 2. The highest BCUT2D eigenvalue weighted by atomic mass is 35.5. The van der Waals surface area contributed by atoms with Crippen LogP contribution >= 0.6 is 11.6 Å². The van der Waals surface area contributed by atoms with Crippen molar-refractivity contribution >= 4 is 22.6 Å². The summed E-state index contributed by atoms with van der Waals surface area (Å²) in [7, 11) is 0. The number of fused-ring (bicyclic) bond motifs is 1. The number of aryl methyl sites for hydroxylation is 2. The Hall–Kier alpha value is -1.06. The van der Waals surface area contributed by atoms with Crippen LogP contribution in [0, 0.1) is 6.92 Å². The van der Waals surface area contributed by atoms with Gasteiger partial charge in [-0.25, -0.2) is 4.98 Å². The fourth-order valence-electron chi connectivity index (χ4n) is 3.22. The lowest BCUT2D eigenvalue weighted by molar-refractivity contribution is 0.0736. The van der Waals surface area contributed by atoms with Gasteiger partial charge >= 0.3 is 0 Å². The molecule has 0 aliphatic carbocycles. The van der Waals surface area contributed by atoms with Crippen LogP contribution in [-0.2, 0) is 11.2 Å². The molecule has 1 aliphatic rings. The Balaban J connectivity index is 2.12. The molecule has 2 heterocycles. The second-order valence-corrected chi connectivity index (χ2v) is 5.95. The quantitative estimate of drug-likeness (QED) is 0.800. The molecule has 0 bridgehead atoms. The topological polar surface area (TPSA) is 27.1 Å². The monoisotopic (exact) mass is 292 g/mol. The number of halogens is 1. The van der Waals surface area contributed by atoms with Gasteiger partial charge in [0.2, 0.25) is 0 Å². The van der Waals surface area contributed by atoms with E-state index in [1.165, 1.54) is 11.1 Å². The third kappa shape index (κ3) is 2.33. The van der Waals surface area contributed by atoms with E-state index in [1.807, 2.05) is 0 Å². The molecule has 1 saturated heterocycles. The number of para-hydroxylation sites is 1. The molecule has 0 spiro atoms. The number of nitrogens with zero attached hydrogens (tertiary/aromatic N) is 2. The number of ether oxygens (including phenoxy) is 1. The summed E-state index contributed by atoms with van der Waals surface area (Å²) < 4.78 is 8.23. The molecule has 0 saturated carbocycles. The van der Waals surface area contributed by atoms with Gasteiger partial charge in [0.25, 0.3) is 0 Å². The van der Waals surface area contributed by atoms with Crippen molar-refractivity contribution in [3.05, 3.63) is 29.6 Å². The summed E-state index contributed by atoms with van der Waals surface area (Å²) in [6.45, 7) is 5.26. The predicted molar refractivity (Wildman–Crippen MR) is 82.6 cm³/mol. The summed E-state index contributed by atoms with van der Waals surface area (Å²) in [6, 6.07) is 6.60. The first-order chi connectivity index (χ1) is 9.72. The molecule has 0 radical (unpaired) electrons. The minimum atomic E-state index is 0.293. The van der Waals surface area contributed by atoms with Gasteiger partial charge in [-0.3, -0.25) is 0 Å². The van der Waals surface area contributed by atoms with E-state index in [0.717, 1.165) is 37.2 Å². The molecular formula is C16H21ClN2O. The third-order valence-electron chi connectivity index (χ3n) is 4.21. The predicted octanol–water partition coefficient (Wildman–Crippen LogP) is 3.87.